The number of nitrogens with one attached hydrogen (secondary N) is 1. The molecule has 1 aliphatic rings. The van der Waals surface area contributed by atoms with Gasteiger partial charge >= 0.3 is 6.03 Å². The van der Waals surface area contributed by atoms with Gasteiger partial charge in [-0.3, -0.25) is 4.90 Å². The average molecular weight is 375 g/mol. The van der Waals surface area contributed by atoms with Crippen molar-refractivity contribution < 1.29 is 9.53 Å². The molecule has 0 bridgehead atoms. The summed E-state index contributed by atoms with van der Waals surface area (Å²) in [6.45, 7) is 6.56. The molecule has 1 saturated heterocycles. The van der Waals surface area contributed by atoms with Crippen molar-refractivity contribution in [3.05, 3.63) is 39.8 Å². The maximum atomic E-state index is 12.3. The van der Waals surface area contributed by atoms with E-state index >= 15 is 0 Å². The second-order valence-electron chi connectivity index (χ2n) is 6.27. The number of methoxy groups -OCH3 is 1. The molecule has 1 N–H and O–H groups in total. The molecule has 1 aliphatic heterocycles. The monoisotopic (exact) mass is 375 g/mol. The highest BCUT2D eigenvalue weighted by atomic mass is 32.1. The van der Waals surface area contributed by atoms with Gasteiger partial charge < -0.3 is 15.0 Å². The van der Waals surface area contributed by atoms with Crippen LogP contribution in [-0.2, 0) is 13.0 Å². The Morgan fingerprint density at radius 1 is 1.23 bits per heavy atom. The first-order chi connectivity index (χ1) is 12.7. The summed E-state index contributed by atoms with van der Waals surface area (Å²) >= 11 is 1.58. The van der Waals surface area contributed by atoms with E-state index in [1.807, 2.05) is 30.0 Å². The molecule has 140 valence electrons. The lowest BCUT2D eigenvalue weighted by Gasteiger charge is -2.34. The highest BCUT2D eigenvalue weighted by Crippen LogP contribution is 2.20. The number of hydrogen-bond donors (Lipinski definition) is 1. The predicted molar refractivity (Wildman–Crippen MR) is 102 cm³/mol. The van der Waals surface area contributed by atoms with Crippen LogP contribution in [0.1, 0.15) is 15.6 Å². The number of aromatic nitrogens is 2. The van der Waals surface area contributed by atoms with E-state index in [1.54, 1.807) is 18.4 Å². The Kier molecular flexibility index (Phi) is 6.40. The van der Waals surface area contributed by atoms with Crippen molar-refractivity contribution in [3.8, 4) is 5.75 Å². The number of benzene rings is 1. The molecule has 26 heavy (non-hydrogen) atoms. The molecule has 2 aromatic rings. The molecular weight excluding hydrogens is 350 g/mol. The lowest BCUT2D eigenvalue weighted by molar-refractivity contribution is 0.134. The Morgan fingerprint density at radius 2 is 2.00 bits per heavy atom. The normalized spacial score (nSPS) is 15.1. The minimum Gasteiger partial charge on any atom is -0.496 e. The Bertz CT molecular complexity index is 728. The summed E-state index contributed by atoms with van der Waals surface area (Å²) in [4.78, 5) is 16.5. The third kappa shape index (κ3) is 4.92. The molecule has 2 amide bonds. The van der Waals surface area contributed by atoms with E-state index in [1.165, 1.54) is 5.56 Å². The Labute approximate surface area is 158 Å². The Hall–Kier alpha value is -2.19. The number of carbonyl (C=O) groups excluding carboxylic acids is 1. The molecule has 0 atom stereocenters. The molecule has 0 aliphatic carbocycles. The van der Waals surface area contributed by atoms with E-state index in [4.69, 9.17) is 4.74 Å². The molecule has 8 heteroatoms. The van der Waals surface area contributed by atoms with E-state index in [-0.39, 0.29) is 6.03 Å². The number of para-hydroxylation sites is 1. The molecule has 0 spiro atoms. The van der Waals surface area contributed by atoms with Crippen LogP contribution in [0.2, 0.25) is 0 Å². The number of carbonyl (C=O) groups is 1. The minimum atomic E-state index is 0.00294. The van der Waals surface area contributed by atoms with Gasteiger partial charge in [-0.25, -0.2) is 4.79 Å². The van der Waals surface area contributed by atoms with Gasteiger partial charge in [-0.1, -0.05) is 18.2 Å². The van der Waals surface area contributed by atoms with Gasteiger partial charge in [-0.2, -0.15) is 0 Å². The molecule has 0 unspecified atom stereocenters. The molecule has 1 aromatic carbocycles. The van der Waals surface area contributed by atoms with Crippen molar-refractivity contribution in [2.45, 2.75) is 19.9 Å². The SMILES string of the molecule is COc1ccccc1CN1CCN(C(=O)NCCc2nnc(C)s2)CC1. The van der Waals surface area contributed by atoms with E-state index in [0.29, 0.717) is 6.54 Å². The summed E-state index contributed by atoms with van der Waals surface area (Å²) in [5, 5.41) is 13.0. The summed E-state index contributed by atoms with van der Waals surface area (Å²) in [5.74, 6) is 0.916. The number of amides is 2. The zero-order valence-electron chi connectivity index (χ0n) is 15.3. The second-order valence-corrected chi connectivity index (χ2v) is 7.54. The first-order valence-corrected chi connectivity index (χ1v) is 9.63. The first kappa shape index (κ1) is 18.6. The van der Waals surface area contributed by atoms with Crippen LogP contribution in [0.4, 0.5) is 4.79 Å². The zero-order chi connectivity index (χ0) is 18.4. The van der Waals surface area contributed by atoms with E-state index in [2.05, 4.69) is 26.5 Å². The highest BCUT2D eigenvalue weighted by Gasteiger charge is 2.21. The largest absolute Gasteiger partial charge is 0.496 e. The summed E-state index contributed by atoms with van der Waals surface area (Å²) in [6.07, 6.45) is 0.727. The van der Waals surface area contributed by atoms with Crippen LogP contribution >= 0.6 is 11.3 Å². The number of ether oxygens (including phenoxy) is 1. The number of piperazine rings is 1. The summed E-state index contributed by atoms with van der Waals surface area (Å²) in [6, 6.07) is 8.09. The van der Waals surface area contributed by atoms with Crippen molar-refractivity contribution in [1.82, 2.24) is 25.3 Å². The van der Waals surface area contributed by atoms with Gasteiger partial charge in [0.15, 0.2) is 0 Å². The molecule has 0 radical (unpaired) electrons. The van der Waals surface area contributed by atoms with Gasteiger partial charge in [-0.15, -0.1) is 21.5 Å². The average Bonchev–Trinajstić information content (AvgIpc) is 3.08. The lowest BCUT2D eigenvalue weighted by atomic mass is 10.1. The van der Waals surface area contributed by atoms with Crippen LogP contribution in [0, 0.1) is 6.92 Å². The van der Waals surface area contributed by atoms with Gasteiger partial charge in [0.2, 0.25) is 0 Å². The van der Waals surface area contributed by atoms with Crippen LogP contribution in [0.25, 0.3) is 0 Å². The van der Waals surface area contributed by atoms with Crippen LogP contribution in [-0.4, -0.2) is 65.9 Å². The van der Waals surface area contributed by atoms with E-state index in [9.17, 15) is 4.79 Å². The van der Waals surface area contributed by atoms with Crippen LogP contribution < -0.4 is 10.1 Å². The van der Waals surface area contributed by atoms with Crippen LogP contribution in [0.15, 0.2) is 24.3 Å². The van der Waals surface area contributed by atoms with Gasteiger partial charge in [0.25, 0.3) is 0 Å². The molecular formula is C18H25N5O2S. The van der Waals surface area contributed by atoms with Gasteiger partial charge in [0, 0.05) is 51.3 Å². The fourth-order valence-electron chi connectivity index (χ4n) is 3.01. The Morgan fingerprint density at radius 3 is 2.69 bits per heavy atom. The molecule has 0 saturated carbocycles. The Balaban J connectivity index is 1.40. The molecule has 3 rings (SSSR count). The first-order valence-electron chi connectivity index (χ1n) is 8.81. The van der Waals surface area contributed by atoms with Gasteiger partial charge in [0.05, 0.1) is 7.11 Å². The number of nitrogens with zero attached hydrogens (tertiary/aromatic N) is 4. The van der Waals surface area contributed by atoms with E-state index in [0.717, 1.165) is 54.9 Å². The predicted octanol–water partition coefficient (Wildman–Crippen LogP) is 1.93. The van der Waals surface area contributed by atoms with Crippen LogP contribution in [0.3, 0.4) is 0 Å². The highest BCUT2D eigenvalue weighted by molar-refractivity contribution is 7.11. The number of aryl methyl sites for hydroxylation is 1. The van der Waals surface area contributed by atoms with Gasteiger partial charge in [0.1, 0.15) is 15.8 Å². The molecule has 1 fully saturated rings. The van der Waals surface area contributed by atoms with Crippen molar-refractivity contribution in [3.63, 3.8) is 0 Å². The van der Waals surface area contributed by atoms with Crippen molar-refractivity contribution in [2.24, 2.45) is 0 Å². The molecule has 7 nitrogen and oxygen atoms in total. The third-order valence-corrected chi connectivity index (χ3v) is 5.33. The van der Waals surface area contributed by atoms with Crippen molar-refractivity contribution >= 4 is 17.4 Å². The number of rotatable bonds is 6. The van der Waals surface area contributed by atoms with Crippen molar-refractivity contribution in [2.75, 3.05) is 39.8 Å². The fraction of sp³-hybridized carbons (Fsp3) is 0.500. The third-order valence-electron chi connectivity index (χ3n) is 4.43. The maximum absolute atomic E-state index is 12.3. The standard InChI is InChI=1S/C18H25N5O2S/c1-14-20-21-17(26-14)7-8-19-18(24)23-11-9-22(10-12-23)13-15-5-3-4-6-16(15)25-2/h3-6H,7-13H2,1-2H3,(H,19,24). The number of urea groups is 1. The summed E-state index contributed by atoms with van der Waals surface area (Å²) in [7, 11) is 1.70. The molecule has 2 heterocycles. The van der Waals surface area contributed by atoms with Gasteiger partial charge in [-0.05, 0) is 13.0 Å². The lowest BCUT2D eigenvalue weighted by Crippen LogP contribution is -2.51. The minimum absolute atomic E-state index is 0.00294. The fourth-order valence-corrected chi connectivity index (χ4v) is 3.72. The topological polar surface area (TPSA) is 70.6 Å². The van der Waals surface area contributed by atoms with Crippen molar-refractivity contribution in [1.29, 1.82) is 0 Å². The van der Waals surface area contributed by atoms with Crippen LogP contribution in [0.5, 0.6) is 5.75 Å². The summed E-state index contributed by atoms with van der Waals surface area (Å²) < 4.78 is 5.42. The smallest absolute Gasteiger partial charge is 0.317 e. The summed E-state index contributed by atoms with van der Waals surface area (Å²) in [5.41, 5.74) is 1.18. The quantitative estimate of drug-likeness (QED) is 0.835. The zero-order valence-corrected chi connectivity index (χ0v) is 16.1. The molecule has 1 aromatic heterocycles. The maximum Gasteiger partial charge on any atom is 0.317 e. The van der Waals surface area contributed by atoms with E-state index < -0.39 is 0 Å². The number of hydrogen-bond acceptors (Lipinski definition) is 6. The second kappa shape index (κ2) is 8.95.